The average molecular weight is 281 g/mol. The van der Waals surface area contributed by atoms with Gasteiger partial charge in [-0.3, -0.25) is 10.1 Å². The van der Waals surface area contributed by atoms with Crippen molar-refractivity contribution in [2.75, 3.05) is 38.8 Å². The van der Waals surface area contributed by atoms with Crippen LogP contribution < -0.4 is 9.64 Å². The van der Waals surface area contributed by atoms with E-state index in [1.54, 1.807) is 4.90 Å². The summed E-state index contributed by atoms with van der Waals surface area (Å²) < 4.78 is 9.85. The van der Waals surface area contributed by atoms with Gasteiger partial charge < -0.3 is 14.4 Å². The van der Waals surface area contributed by atoms with Gasteiger partial charge in [-0.05, 0) is 0 Å². The Labute approximate surface area is 115 Å². The molecule has 0 fully saturated rings. The second-order valence-corrected chi connectivity index (χ2v) is 3.70. The quantitative estimate of drug-likeness (QED) is 0.506. The van der Waals surface area contributed by atoms with Crippen molar-refractivity contribution < 1.29 is 14.4 Å². The van der Waals surface area contributed by atoms with Crippen molar-refractivity contribution in [2.45, 2.75) is 6.42 Å². The number of methoxy groups -OCH3 is 2. The molecule has 0 atom stereocenters. The molecule has 1 aromatic rings. The van der Waals surface area contributed by atoms with Gasteiger partial charge in [0.25, 0.3) is 5.88 Å². The number of nitrogens with zero attached hydrogens (tertiary/aromatic N) is 5. The van der Waals surface area contributed by atoms with Crippen LogP contribution in [-0.2, 0) is 4.74 Å². The molecule has 1 heterocycles. The third kappa shape index (κ3) is 3.76. The maximum atomic E-state index is 11.2. The predicted molar refractivity (Wildman–Crippen MR) is 69.6 cm³/mol. The molecule has 0 amide bonds. The molecule has 1 aromatic heterocycles. The number of nitriles is 1. The summed E-state index contributed by atoms with van der Waals surface area (Å²) in [5.41, 5.74) is -0.316. The van der Waals surface area contributed by atoms with Gasteiger partial charge in [0, 0.05) is 20.2 Å². The van der Waals surface area contributed by atoms with Crippen molar-refractivity contribution in [3.8, 4) is 11.9 Å². The molecule has 0 spiro atoms. The maximum Gasteiger partial charge on any atom is 0.372 e. The molecule has 9 nitrogen and oxygen atoms in total. The van der Waals surface area contributed by atoms with Gasteiger partial charge in [0.1, 0.15) is 6.33 Å². The lowest BCUT2D eigenvalue weighted by atomic mass is 10.3. The normalized spacial score (nSPS) is 9.85. The van der Waals surface area contributed by atoms with Crippen molar-refractivity contribution in [1.82, 2.24) is 9.97 Å². The minimum absolute atomic E-state index is 0.112. The van der Waals surface area contributed by atoms with E-state index < -0.39 is 4.92 Å². The smallest absolute Gasteiger partial charge is 0.372 e. The van der Waals surface area contributed by atoms with Crippen molar-refractivity contribution >= 4 is 11.5 Å². The Morgan fingerprint density at radius 2 is 2.20 bits per heavy atom. The molecule has 0 N–H and O–H groups in total. The van der Waals surface area contributed by atoms with Crippen molar-refractivity contribution in [3.63, 3.8) is 0 Å². The lowest BCUT2D eigenvalue weighted by molar-refractivity contribution is -0.385. The first-order valence-electron chi connectivity index (χ1n) is 5.79. The summed E-state index contributed by atoms with van der Waals surface area (Å²) in [4.78, 5) is 19.9. The molecule has 0 bridgehead atoms. The van der Waals surface area contributed by atoms with Gasteiger partial charge in [-0.15, -0.1) is 0 Å². The second kappa shape index (κ2) is 7.85. The zero-order valence-corrected chi connectivity index (χ0v) is 11.3. The standard InChI is InChI=1S/C11H15N5O4/c1-19-7-6-15(5-3-4-12)10-9(16(17)18)11(20-2)14-8-13-10/h8H,3,5-7H2,1-2H3. The summed E-state index contributed by atoms with van der Waals surface area (Å²) >= 11 is 0. The van der Waals surface area contributed by atoms with Gasteiger partial charge >= 0.3 is 5.69 Å². The Morgan fingerprint density at radius 1 is 1.45 bits per heavy atom. The monoisotopic (exact) mass is 281 g/mol. The molecule has 20 heavy (non-hydrogen) atoms. The van der Waals surface area contributed by atoms with Gasteiger partial charge in [0.05, 0.1) is 31.1 Å². The topological polar surface area (TPSA) is 114 Å². The molecule has 108 valence electrons. The summed E-state index contributed by atoms with van der Waals surface area (Å²) in [6.07, 6.45) is 1.40. The highest BCUT2D eigenvalue weighted by Gasteiger charge is 2.27. The first kappa shape index (κ1) is 15.6. The van der Waals surface area contributed by atoms with Crippen molar-refractivity contribution in [1.29, 1.82) is 5.26 Å². The number of ether oxygens (including phenoxy) is 2. The molecule has 0 aromatic carbocycles. The fraction of sp³-hybridized carbons (Fsp3) is 0.545. The molecule has 0 aliphatic heterocycles. The minimum atomic E-state index is -0.597. The molecule has 0 aliphatic carbocycles. The van der Waals surface area contributed by atoms with Crippen LogP contribution in [0.1, 0.15) is 6.42 Å². The van der Waals surface area contributed by atoms with Crippen LogP contribution in [-0.4, -0.2) is 48.8 Å². The zero-order valence-electron chi connectivity index (χ0n) is 11.3. The van der Waals surface area contributed by atoms with E-state index in [1.807, 2.05) is 6.07 Å². The fourth-order valence-electron chi connectivity index (χ4n) is 1.60. The van der Waals surface area contributed by atoms with E-state index in [1.165, 1.54) is 20.5 Å². The molecule has 0 saturated heterocycles. The summed E-state index contributed by atoms with van der Waals surface area (Å²) in [5.74, 6) is 0.00789. The van der Waals surface area contributed by atoms with Crippen LogP contribution in [0.3, 0.4) is 0 Å². The van der Waals surface area contributed by atoms with E-state index in [4.69, 9.17) is 14.7 Å². The molecular weight excluding hydrogens is 266 g/mol. The van der Waals surface area contributed by atoms with E-state index in [-0.39, 0.29) is 23.8 Å². The minimum Gasteiger partial charge on any atom is -0.476 e. The Balaban J connectivity index is 3.17. The van der Waals surface area contributed by atoms with Crippen LogP contribution in [0.15, 0.2) is 6.33 Å². The highest BCUT2D eigenvalue weighted by molar-refractivity contribution is 5.62. The Kier molecular flexibility index (Phi) is 6.12. The number of aromatic nitrogens is 2. The van der Waals surface area contributed by atoms with Crippen molar-refractivity contribution in [2.24, 2.45) is 0 Å². The second-order valence-electron chi connectivity index (χ2n) is 3.70. The lowest BCUT2D eigenvalue weighted by Crippen LogP contribution is -2.30. The first-order valence-corrected chi connectivity index (χ1v) is 5.79. The number of nitro groups is 1. The zero-order chi connectivity index (χ0) is 15.0. The Hall–Kier alpha value is -2.47. The summed E-state index contributed by atoms with van der Waals surface area (Å²) in [5, 5.41) is 19.8. The number of hydrogen-bond acceptors (Lipinski definition) is 8. The number of rotatable bonds is 8. The van der Waals surface area contributed by atoms with Crippen molar-refractivity contribution in [3.05, 3.63) is 16.4 Å². The van der Waals surface area contributed by atoms with E-state index in [9.17, 15) is 10.1 Å². The highest BCUT2D eigenvalue weighted by atomic mass is 16.6. The lowest BCUT2D eigenvalue weighted by Gasteiger charge is -2.21. The third-order valence-corrected chi connectivity index (χ3v) is 2.50. The maximum absolute atomic E-state index is 11.2. The summed E-state index contributed by atoms with van der Waals surface area (Å²) in [7, 11) is 2.82. The van der Waals surface area contributed by atoms with Crippen LogP contribution in [0.5, 0.6) is 5.88 Å². The number of hydrogen-bond donors (Lipinski definition) is 0. The molecule has 1 rings (SSSR count). The van der Waals surface area contributed by atoms with E-state index in [2.05, 4.69) is 9.97 Å². The SMILES string of the molecule is COCCN(CCC#N)c1ncnc(OC)c1[N+](=O)[O-]. The summed E-state index contributed by atoms with van der Waals surface area (Å²) in [6.45, 7) is 1.04. The summed E-state index contributed by atoms with van der Waals surface area (Å²) in [6, 6.07) is 1.99. The van der Waals surface area contributed by atoms with Gasteiger partial charge in [-0.1, -0.05) is 0 Å². The van der Waals surface area contributed by atoms with E-state index in [0.29, 0.717) is 19.7 Å². The first-order chi connectivity index (χ1) is 9.65. The largest absolute Gasteiger partial charge is 0.476 e. The van der Waals surface area contributed by atoms with Gasteiger partial charge in [-0.2, -0.15) is 10.2 Å². The third-order valence-electron chi connectivity index (χ3n) is 2.50. The van der Waals surface area contributed by atoms with Crippen LogP contribution in [0.25, 0.3) is 0 Å². The highest BCUT2D eigenvalue weighted by Crippen LogP contribution is 2.32. The van der Waals surface area contributed by atoms with Crippen LogP contribution in [0.4, 0.5) is 11.5 Å². The molecule has 0 saturated carbocycles. The average Bonchev–Trinajstić information content (AvgIpc) is 2.46. The number of anilines is 1. The Morgan fingerprint density at radius 3 is 2.75 bits per heavy atom. The van der Waals surface area contributed by atoms with Crippen LogP contribution in [0, 0.1) is 21.4 Å². The van der Waals surface area contributed by atoms with Gasteiger partial charge in [-0.25, -0.2) is 4.98 Å². The van der Waals surface area contributed by atoms with Crippen LogP contribution >= 0.6 is 0 Å². The fourth-order valence-corrected chi connectivity index (χ4v) is 1.60. The molecule has 9 heteroatoms. The van der Waals surface area contributed by atoms with E-state index >= 15 is 0 Å². The van der Waals surface area contributed by atoms with Gasteiger partial charge in [0.15, 0.2) is 0 Å². The molecule has 0 aliphatic rings. The van der Waals surface area contributed by atoms with Crippen LogP contribution in [0.2, 0.25) is 0 Å². The Bertz CT molecular complexity index is 502. The van der Waals surface area contributed by atoms with Gasteiger partial charge in [0.2, 0.25) is 5.82 Å². The molecule has 0 unspecified atom stereocenters. The predicted octanol–water partition coefficient (Wildman–Crippen LogP) is 0.760. The van der Waals surface area contributed by atoms with E-state index in [0.717, 1.165) is 0 Å². The molecular formula is C11H15N5O4. The molecule has 0 radical (unpaired) electrons.